The first-order valence-corrected chi connectivity index (χ1v) is 12.2. The standard InChI is InChI=1S/C27H36FN3O3/c1-29(27(32)31-14-16-34-17-15-31)24(18-21-6-4-3-5-7-21)20-30-12-10-22(11-13-30)25-19-23(28)8-9-26(25)33-2/h3-9,19,22,24H,10-18,20H2,1-2H3. The number of rotatable bonds is 7. The number of piperidine rings is 1. The van der Waals surface area contributed by atoms with Gasteiger partial charge < -0.3 is 24.2 Å². The number of ether oxygens (including phenoxy) is 2. The molecule has 2 aliphatic heterocycles. The normalized spacial score (nSPS) is 18.5. The first kappa shape index (κ1) is 24.5. The Morgan fingerprint density at radius 2 is 1.82 bits per heavy atom. The number of halogens is 1. The number of urea groups is 1. The number of likely N-dealkylation sites (tertiary alicyclic amines) is 1. The number of hydrogen-bond acceptors (Lipinski definition) is 4. The molecule has 4 rings (SSSR count). The van der Waals surface area contributed by atoms with Gasteiger partial charge in [0.1, 0.15) is 11.6 Å². The lowest BCUT2D eigenvalue weighted by molar-refractivity contribution is 0.0395. The molecule has 0 bridgehead atoms. The van der Waals surface area contributed by atoms with Gasteiger partial charge in [0.2, 0.25) is 0 Å². The molecule has 0 N–H and O–H groups in total. The van der Waals surface area contributed by atoms with Crippen molar-refractivity contribution < 1.29 is 18.7 Å². The van der Waals surface area contributed by atoms with Crippen molar-refractivity contribution in [2.75, 3.05) is 60.1 Å². The molecule has 1 unspecified atom stereocenters. The first-order valence-electron chi connectivity index (χ1n) is 12.2. The van der Waals surface area contributed by atoms with Gasteiger partial charge in [-0.25, -0.2) is 9.18 Å². The Morgan fingerprint density at radius 1 is 1.12 bits per heavy atom. The van der Waals surface area contributed by atoms with Gasteiger partial charge >= 0.3 is 6.03 Å². The quantitative estimate of drug-likeness (QED) is 0.615. The summed E-state index contributed by atoms with van der Waals surface area (Å²) in [5.74, 6) is 0.823. The Balaban J connectivity index is 1.42. The smallest absolute Gasteiger partial charge is 0.320 e. The summed E-state index contributed by atoms with van der Waals surface area (Å²) in [5.41, 5.74) is 2.19. The molecule has 2 aromatic rings. The second-order valence-electron chi connectivity index (χ2n) is 9.30. The highest BCUT2D eigenvalue weighted by atomic mass is 19.1. The van der Waals surface area contributed by atoms with Crippen LogP contribution >= 0.6 is 0 Å². The Hall–Kier alpha value is -2.64. The number of likely N-dealkylation sites (N-methyl/N-ethyl adjacent to an activating group) is 1. The van der Waals surface area contributed by atoms with Crippen molar-refractivity contribution in [3.05, 3.63) is 65.5 Å². The van der Waals surface area contributed by atoms with E-state index in [2.05, 4.69) is 17.0 Å². The third kappa shape index (κ3) is 6.07. The first-order chi connectivity index (χ1) is 16.5. The second-order valence-corrected chi connectivity index (χ2v) is 9.30. The van der Waals surface area contributed by atoms with Gasteiger partial charge in [-0.05, 0) is 62.0 Å². The number of amides is 2. The summed E-state index contributed by atoms with van der Waals surface area (Å²) >= 11 is 0. The van der Waals surface area contributed by atoms with Crippen LogP contribution in [-0.2, 0) is 11.2 Å². The fraction of sp³-hybridized carbons (Fsp3) is 0.519. The topological polar surface area (TPSA) is 45.2 Å². The zero-order valence-electron chi connectivity index (χ0n) is 20.3. The van der Waals surface area contributed by atoms with Crippen molar-refractivity contribution in [2.45, 2.75) is 31.2 Å². The summed E-state index contributed by atoms with van der Waals surface area (Å²) in [4.78, 5) is 19.5. The van der Waals surface area contributed by atoms with Crippen molar-refractivity contribution in [3.63, 3.8) is 0 Å². The molecule has 0 aromatic heterocycles. The minimum atomic E-state index is -0.218. The van der Waals surface area contributed by atoms with Gasteiger partial charge in [0.15, 0.2) is 0 Å². The van der Waals surface area contributed by atoms with Crippen molar-refractivity contribution in [2.24, 2.45) is 0 Å². The van der Waals surface area contributed by atoms with Gasteiger partial charge in [-0.2, -0.15) is 0 Å². The molecule has 7 heteroatoms. The van der Waals surface area contributed by atoms with E-state index in [1.54, 1.807) is 19.2 Å². The number of carbonyl (C=O) groups excluding carboxylic acids is 1. The molecule has 0 aliphatic carbocycles. The maximum atomic E-state index is 13.9. The van der Waals surface area contributed by atoms with Crippen LogP contribution in [0.2, 0.25) is 0 Å². The van der Waals surface area contributed by atoms with Crippen molar-refractivity contribution in [1.29, 1.82) is 0 Å². The van der Waals surface area contributed by atoms with E-state index in [0.717, 1.165) is 50.2 Å². The molecule has 34 heavy (non-hydrogen) atoms. The molecule has 2 amide bonds. The van der Waals surface area contributed by atoms with E-state index in [-0.39, 0.29) is 23.8 Å². The van der Waals surface area contributed by atoms with Crippen LogP contribution in [0, 0.1) is 5.82 Å². The highest BCUT2D eigenvalue weighted by Crippen LogP contribution is 2.35. The van der Waals surface area contributed by atoms with Crippen LogP contribution in [0.25, 0.3) is 0 Å². The van der Waals surface area contributed by atoms with Crippen molar-refractivity contribution in [3.8, 4) is 5.75 Å². The number of benzene rings is 2. The Labute approximate surface area is 202 Å². The van der Waals surface area contributed by atoms with Crippen LogP contribution in [0.1, 0.15) is 29.9 Å². The highest BCUT2D eigenvalue weighted by molar-refractivity contribution is 5.74. The molecule has 6 nitrogen and oxygen atoms in total. The summed E-state index contributed by atoms with van der Waals surface area (Å²) in [5, 5.41) is 0. The van der Waals surface area contributed by atoms with E-state index < -0.39 is 0 Å². The van der Waals surface area contributed by atoms with Crippen LogP contribution in [0.15, 0.2) is 48.5 Å². The SMILES string of the molecule is COc1ccc(F)cc1C1CCN(CC(Cc2ccccc2)N(C)C(=O)N2CCOCC2)CC1. The van der Waals surface area contributed by atoms with Crippen LogP contribution < -0.4 is 4.74 Å². The molecule has 2 heterocycles. The molecule has 2 saturated heterocycles. The molecule has 0 spiro atoms. The number of hydrogen-bond donors (Lipinski definition) is 0. The second kappa shape index (κ2) is 11.7. The Bertz CT molecular complexity index is 928. The summed E-state index contributed by atoms with van der Waals surface area (Å²) in [7, 11) is 3.57. The average molecular weight is 470 g/mol. The molecule has 2 aliphatic rings. The van der Waals surface area contributed by atoms with E-state index in [4.69, 9.17) is 9.47 Å². The van der Waals surface area contributed by atoms with Crippen LogP contribution in [0.5, 0.6) is 5.75 Å². The molecule has 1 atom stereocenters. The number of nitrogens with zero attached hydrogens (tertiary/aromatic N) is 3. The van der Waals surface area contributed by atoms with E-state index in [1.807, 2.05) is 35.0 Å². The van der Waals surface area contributed by atoms with Gasteiger partial charge in [0.05, 0.1) is 20.3 Å². The number of methoxy groups -OCH3 is 1. The fourth-order valence-corrected chi connectivity index (χ4v) is 5.09. The van der Waals surface area contributed by atoms with E-state index in [0.29, 0.717) is 26.3 Å². The monoisotopic (exact) mass is 469 g/mol. The molecule has 0 radical (unpaired) electrons. The van der Waals surface area contributed by atoms with Crippen molar-refractivity contribution >= 4 is 6.03 Å². The lowest BCUT2D eigenvalue weighted by Crippen LogP contribution is -2.53. The van der Waals surface area contributed by atoms with E-state index in [1.165, 1.54) is 11.6 Å². The summed E-state index contributed by atoms with van der Waals surface area (Å²) in [6.07, 6.45) is 2.70. The van der Waals surface area contributed by atoms with E-state index in [9.17, 15) is 9.18 Å². The molecule has 0 saturated carbocycles. The maximum Gasteiger partial charge on any atom is 0.320 e. The van der Waals surface area contributed by atoms with Crippen LogP contribution in [0.4, 0.5) is 9.18 Å². The van der Waals surface area contributed by atoms with Crippen molar-refractivity contribution in [1.82, 2.24) is 14.7 Å². The largest absolute Gasteiger partial charge is 0.496 e. The predicted molar refractivity (Wildman–Crippen MR) is 131 cm³/mol. The Kier molecular flexibility index (Phi) is 8.40. The fourth-order valence-electron chi connectivity index (χ4n) is 5.09. The third-order valence-electron chi connectivity index (χ3n) is 7.13. The molecule has 2 fully saturated rings. The highest BCUT2D eigenvalue weighted by Gasteiger charge is 2.30. The molecule has 2 aromatic carbocycles. The Morgan fingerprint density at radius 3 is 2.50 bits per heavy atom. The van der Waals surface area contributed by atoms with Gasteiger partial charge in [-0.1, -0.05) is 30.3 Å². The summed E-state index contributed by atoms with van der Waals surface area (Å²) in [6.45, 7) is 5.11. The zero-order chi connectivity index (χ0) is 23.9. The summed E-state index contributed by atoms with van der Waals surface area (Å²) in [6, 6.07) is 15.3. The van der Waals surface area contributed by atoms with E-state index >= 15 is 0 Å². The van der Waals surface area contributed by atoms with Crippen LogP contribution in [0.3, 0.4) is 0 Å². The maximum absolute atomic E-state index is 13.9. The van der Waals surface area contributed by atoms with Gasteiger partial charge in [-0.15, -0.1) is 0 Å². The zero-order valence-corrected chi connectivity index (χ0v) is 20.3. The number of morpholine rings is 1. The minimum Gasteiger partial charge on any atom is -0.496 e. The lowest BCUT2D eigenvalue weighted by atomic mass is 9.88. The minimum absolute atomic E-state index is 0.0676. The third-order valence-corrected chi connectivity index (χ3v) is 7.13. The molecule has 184 valence electrons. The predicted octanol–water partition coefficient (Wildman–Crippen LogP) is 4.01. The van der Waals surface area contributed by atoms with Crippen LogP contribution in [-0.4, -0.2) is 86.9 Å². The van der Waals surface area contributed by atoms with Gasteiger partial charge in [-0.3, -0.25) is 0 Å². The van der Waals surface area contributed by atoms with Gasteiger partial charge in [0, 0.05) is 38.3 Å². The van der Waals surface area contributed by atoms with Gasteiger partial charge in [0.25, 0.3) is 0 Å². The molecular weight excluding hydrogens is 433 g/mol. The lowest BCUT2D eigenvalue weighted by Gasteiger charge is -2.39. The number of carbonyl (C=O) groups is 1. The molecular formula is C27H36FN3O3. The summed E-state index contributed by atoms with van der Waals surface area (Å²) < 4.78 is 24.8. The average Bonchev–Trinajstić information content (AvgIpc) is 2.89.